The summed E-state index contributed by atoms with van der Waals surface area (Å²) in [7, 11) is -1.33. The number of nitriles is 1. The number of nitrogens with zero attached hydrogens (tertiary/aromatic N) is 2. The van der Waals surface area contributed by atoms with Crippen molar-refractivity contribution in [3.63, 3.8) is 0 Å². The largest absolute Gasteiger partial charge is 0.469 e. The van der Waals surface area contributed by atoms with Gasteiger partial charge in [-0.2, -0.15) is 18.0 Å². The first-order valence-corrected chi connectivity index (χ1v) is 5.07. The number of hydrogen-bond donors (Lipinski definition) is 1. The molecule has 0 aromatic heterocycles. The van der Waals surface area contributed by atoms with Gasteiger partial charge in [-0.3, -0.25) is 4.79 Å². The molecule has 0 radical (unpaired) electrons. The van der Waals surface area contributed by atoms with Crippen LogP contribution in [0, 0.1) is 11.5 Å². The maximum absolute atomic E-state index is 11.1. The molecule has 0 bridgehead atoms. The fourth-order valence-electron chi connectivity index (χ4n) is 0.607. The van der Waals surface area contributed by atoms with E-state index in [1.165, 1.54) is 20.4 Å². The van der Waals surface area contributed by atoms with Gasteiger partial charge in [0.1, 0.15) is 0 Å². The Hall–Kier alpha value is -1.33. The predicted molar refractivity (Wildman–Crippen MR) is 46.9 cm³/mol. The smallest absolute Gasteiger partial charge is 0.309 e. The highest BCUT2D eigenvalue weighted by Crippen LogP contribution is 1.95. The third-order valence-corrected chi connectivity index (χ3v) is 2.80. The Labute approximate surface area is 82.4 Å². The lowest BCUT2D eigenvalue weighted by Gasteiger charge is -2.13. The van der Waals surface area contributed by atoms with E-state index in [0.717, 1.165) is 4.31 Å². The van der Waals surface area contributed by atoms with Crippen LogP contribution in [0.2, 0.25) is 0 Å². The summed E-state index contributed by atoms with van der Waals surface area (Å²) in [5.41, 5.74) is 0. The standard InChI is InChI=1S/C6H11N3O4S/c1-9(4-3-6(10)13-2)14(11,12)8-5-7/h8H,3-4H2,1-2H3. The van der Waals surface area contributed by atoms with Crippen molar-refractivity contribution >= 4 is 16.2 Å². The van der Waals surface area contributed by atoms with E-state index in [9.17, 15) is 13.2 Å². The average molecular weight is 221 g/mol. The Kier molecular flexibility index (Phi) is 4.90. The molecule has 0 aliphatic heterocycles. The summed E-state index contributed by atoms with van der Waals surface area (Å²) in [4.78, 5) is 10.7. The summed E-state index contributed by atoms with van der Waals surface area (Å²) in [6.07, 6.45) is 1.24. The SMILES string of the molecule is COC(=O)CCN(C)S(=O)(=O)NC#N. The van der Waals surface area contributed by atoms with Crippen LogP contribution in [0.25, 0.3) is 0 Å². The van der Waals surface area contributed by atoms with Crippen molar-refractivity contribution in [2.45, 2.75) is 6.42 Å². The number of methoxy groups -OCH3 is 1. The molecule has 0 heterocycles. The molecule has 0 rings (SSSR count). The predicted octanol–water partition coefficient (Wildman–Crippen LogP) is -1.20. The van der Waals surface area contributed by atoms with Gasteiger partial charge in [-0.15, -0.1) is 0 Å². The van der Waals surface area contributed by atoms with E-state index < -0.39 is 16.2 Å². The van der Waals surface area contributed by atoms with Gasteiger partial charge in [0, 0.05) is 13.6 Å². The first-order chi connectivity index (χ1) is 6.44. The van der Waals surface area contributed by atoms with Crippen LogP contribution < -0.4 is 4.72 Å². The summed E-state index contributed by atoms with van der Waals surface area (Å²) >= 11 is 0. The van der Waals surface area contributed by atoms with E-state index >= 15 is 0 Å². The Bertz CT molecular complexity index is 331. The maximum Gasteiger partial charge on any atom is 0.309 e. The molecule has 0 fully saturated rings. The normalized spacial score (nSPS) is 10.7. The van der Waals surface area contributed by atoms with Gasteiger partial charge in [0.2, 0.25) is 0 Å². The second-order valence-corrected chi connectivity index (χ2v) is 4.14. The van der Waals surface area contributed by atoms with E-state index in [1.807, 2.05) is 0 Å². The van der Waals surface area contributed by atoms with E-state index in [-0.39, 0.29) is 13.0 Å². The summed E-state index contributed by atoms with van der Waals surface area (Å²) in [5, 5.41) is 8.12. The van der Waals surface area contributed by atoms with Gasteiger partial charge in [0.15, 0.2) is 6.19 Å². The molecule has 7 nitrogen and oxygen atoms in total. The van der Waals surface area contributed by atoms with Crippen LogP contribution in [0.5, 0.6) is 0 Å². The lowest BCUT2D eigenvalue weighted by atomic mass is 10.4. The molecule has 0 unspecified atom stereocenters. The molecule has 0 aromatic carbocycles. The number of hydrogen-bond acceptors (Lipinski definition) is 5. The monoisotopic (exact) mass is 221 g/mol. The van der Waals surface area contributed by atoms with Crippen LogP contribution in [0.15, 0.2) is 0 Å². The number of carbonyl (C=O) groups is 1. The average Bonchev–Trinajstić information content (AvgIpc) is 2.13. The molecule has 0 saturated carbocycles. The number of carbonyl (C=O) groups excluding carboxylic acids is 1. The molecule has 8 heteroatoms. The number of rotatable bonds is 5. The molecule has 0 aliphatic rings. The Morgan fingerprint density at radius 2 is 2.21 bits per heavy atom. The highest BCUT2D eigenvalue weighted by molar-refractivity contribution is 7.87. The van der Waals surface area contributed by atoms with Gasteiger partial charge in [-0.05, 0) is 0 Å². The summed E-state index contributed by atoms with van der Waals surface area (Å²) < 4.78 is 28.9. The van der Waals surface area contributed by atoms with E-state index in [0.29, 0.717) is 0 Å². The van der Waals surface area contributed by atoms with Gasteiger partial charge < -0.3 is 4.74 Å². The lowest BCUT2D eigenvalue weighted by Crippen LogP contribution is -2.37. The quantitative estimate of drug-likeness (QED) is 0.357. The molecule has 0 atom stereocenters. The zero-order chi connectivity index (χ0) is 11.2. The zero-order valence-electron chi connectivity index (χ0n) is 7.85. The fraction of sp³-hybridized carbons (Fsp3) is 0.667. The third kappa shape index (κ3) is 4.06. The minimum Gasteiger partial charge on any atom is -0.469 e. The van der Waals surface area contributed by atoms with Crippen LogP contribution in [-0.4, -0.2) is 39.4 Å². The van der Waals surface area contributed by atoms with Gasteiger partial charge in [0.25, 0.3) is 0 Å². The van der Waals surface area contributed by atoms with Crippen molar-refractivity contribution in [1.29, 1.82) is 5.26 Å². The van der Waals surface area contributed by atoms with Crippen LogP contribution in [0.3, 0.4) is 0 Å². The second-order valence-electron chi connectivity index (χ2n) is 2.37. The molecule has 0 saturated heterocycles. The highest BCUT2D eigenvalue weighted by Gasteiger charge is 2.17. The zero-order valence-corrected chi connectivity index (χ0v) is 8.67. The number of esters is 1. The molecule has 14 heavy (non-hydrogen) atoms. The highest BCUT2D eigenvalue weighted by atomic mass is 32.2. The first-order valence-electron chi connectivity index (χ1n) is 3.63. The Morgan fingerprint density at radius 1 is 1.64 bits per heavy atom. The number of ether oxygens (including phenoxy) is 1. The van der Waals surface area contributed by atoms with Gasteiger partial charge in [-0.1, -0.05) is 0 Å². The lowest BCUT2D eigenvalue weighted by molar-refractivity contribution is -0.140. The Balaban J connectivity index is 4.16. The van der Waals surface area contributed by atoms with Crippen LogP contribution in [0.1, 0.15) is 6.42 Å². The van der Waals surface area contributed by atoms with E-state index in [1.54, 1.807) is 4.72 Å². The van der Waals surface area contributed by atoms with Crippen LogP contribution in [0.4, 0.5) is 0 Å². The fourth-order valence-corrected chi connectivity index (χ4v) is 1.21. The molecule has 0 amide bonds. The van der Waals surface area contributed by atoms with Crippen molar-refractivity contribution in [2.24, 2.45) is 0 Å². The molecular formula is C6H11N3O4S. The van der Waals surface area contributed by atoms with Crippen molar-refractivity contribution in [1.82, 2.24) is 9.03 Å². The molecule has 80 valence electrons. The summed E-state index contributed by atoms with van der Waals surface area (Å²) in [6, 6.07) is 0. The van der Waals surface area contributed by atoms with Crippen LogP contribution >= 0.6 is 0 Å². The maximum atomic E-state index is 11.1. The third-order valence-electron chi connectivity index (χ3n) is 1.44. The minimum atomic E-state index is -3.80. The first kappa shape index (κ1) is 12.7. The summed E-state index contributed by atoms with van der Waals surface area (Å²) in [6.45, 7) is -0.0380. The topological polar surface area (TPSA) is 99.5 Å². The minimum absolute atomic E-state index is 0.0380. The van der Waals surface area contributed by atoms with Crippen molar-refractivity contribution in [3.8, 4) is 6.19 Å². The molecule has 0 spiro atoms. The van der Waals surface area contributed by atoms with Gasteiger partial charge >= 0.3 is 16.2 Å². The van der Waals surface area contributed by atoms with Crippen molar-refractivity contribution in [2.75, 3.05) is 20.7 Å². The van der Waals surface area contributed by atoms with E-state index in [2.05, 4.69) is 4.74 Å². The second kappa shape index (κ2) is 5.41. The summed E-state index contributed by atoms with van der Waals surface area (Å²) in [5.74, 6) is -0.510. The van der Waals surface area contributed by atoms with Crippen LogP contribution in [-0.2, 0) is 19.7 Å². The van der Waals surface area contributed by atoms with Gasteiger partial charge in [0.05, 0.1) is 13.5 Å². The van der Waals surface area contributed by atoms with Gasteiger partial charge in [-0.25, -0.2) is 4.72 Å². The van der Waals surface area contributed by atoms with Crippen molar-refractivity contribution < 1.29 is 17.9 Å². The Morgan fingerprint density at radius 3 is 2.64 bits per heavy atom. The molecule has 0 aromatic rings. The molecular weight excluding hydrogens is 210 g/mol. The molecule has 1 N–H and O–H groups in total. The molecule has 0 aliphatic carbocycles. The van der Waals surface area contributed by atoms with Crippen molar-refractivity contribution in [3.05, 3.63) is 0 Å². The number of nitrogens with one attached hydrogen (secondary N) is 1. The van der Waals surface area contributed by atoms with E-state index in [4.69, 9.17) is 5.26 Å².